The van der Waals surface area contributed by atoms with Crippen molar-refractivity contribution < 1.29 is 19.2 Å². The quantitative estimate of drug-likeness (QED) is 0.141. The molecule has 0 saturated carbocycles. The van der Waals surface area contributed by atoms with E-state index in [1.165, 1.54) is 35.9 Å². The number of carbonyl (C=O) groups is 2. The molecule has 0 spiro atoms. The van der Waals surface area contributed by atoms with Crippen LogP contribution >= 0.6 is 0 Å². The number of non-ortho nitro benzene ring substituents is 1. The SMILES string of the molecule is CCC(c1nc2ccccc2c(=O)n1CCCC(=O)OC)N(CCc1ccccn1)C(=O)c1ccc([N+](=O)[O-])cc1. The van der Waals surface area contributed by atoms with Crippen LogP contribution in [0.4, 0.5) is 5.69 Å². The normalized spacial score (nSPS) is 11.7. The van der Waals surface area contributed by atoms with E-state index >= 15 is 0 Å². The molecular formula is C30H31N5O6. The molecule has 11 nitrogen and oxygen atoms in total. The van der Waals surface area contributed by atoms with Crippen molar-refractivity contribution in [1.82, 2.24) is 19.4 Å². The number of amides is 1. The second-order valence-corrected chi connectivity index (χ2v) is 9.42. The Balaban J connectivity index is 1.79. The maximum Gasteiger partial charge on any atom is 0.305 e. The highest BCUT2D eigenvalue weighted by atomic mass is 16.6. The Morgan fingerprint density at radius 2 is 1.80 bits per heavy atom. The first-order chi connectivity index (χ1) is 19.8. The number of esters is 1. The van der Waals surface area contributed by atoms with E-state index in [-0.39, 0.29) is 48.2 Å². The van der Waals surface area contributed by atoms with Crippen LogP contribution in [-0.4, -0.2) is 49.9 Å². The van der Waals surface area contributed by atoms with Crippen molar-refractivity contribution in [3.05, 3.63) is 110 Å². The fourth-order valence-electron chi connectivity index (χ4n) is 4.75. The summed E-state index contributed by atoms with van der Waals surface area (Å²) in [5, 5.41) is 11.6. The van der Waals surface area contributed by atoms with Gasteiger partial charge in [-0.1, -0.05) is 25.1 Å². The maximum absolute atomic E-state index is 14.0. The van der Waals surface area contributed by atoms with Crippen molar-refractivity contribution in [2.24, 2.45) is 0 Å². The average Bonchev–Trinajstić information content (AvgIpc) is 3.00. The molecule has 0 aliphatic heterocycles. The Labute approximate surface area is 236 Å². The van der Waals surface area contributed by atoms with E-state index in [0.29, 0.717) is 36.0 Å². The molecule has 0 aliphatic rings. The molecule has 1 atom stereocenters. The lowest BCUT2D eigenvalue weighted by molar-refractivity contribution is -0.384. The fraction of sp³-hybridized carbons (Fsp3) is 0.300. The number of ether oxygens (including phenoxy) is 1. The first-order valence-electron chi connectivity index (χ1n) is 13.4. The number of nitrogens with zero attached hydrogens (tertiary/aromatic N) is 5. The highest BCUT2D eigenvalue weighted by molar-refractivity contribution is 5.94. The third-order valence-corrected chi connectivity index (χ3v) is 6.86. The Morgan fingerprint density at radius 3 is 2.46 bits per heavy atom. The van der Waals surface area contributed by atoms with Gasteiger partial charge >= 0.3 is 5.97 Å². The topological polar surface area (TPSA) is 138 Å². The molecule has 2 aromatic heterocycles. The van der Waals surface area contributed by atoms with E-state index < -0.39 is 11.0 Å². The molecule has 0 bridgehead atoms. The third-order valence-electron chi connectivity index (χ3n) is 6.86. The van der Waals surface area contributed by atoms with Crippen molar-refractivity contribution in [3.63, 3.8) is 0 Å². The minimum atomic E-state index is -0.614. The molecule has 0 saturated heterocycles. The molecule has 212 valence electrons. The number of hydrogen-bond acceptors (Lipinski definition) is 8. The van der Waals surface area contributed by atoms with Crippen molar-refractivity contribution in [1.29, 1.82) is 0 Å². The number of nitro benzene ring substituents is 1. The standard InChI is InChI=1S/C30H31N5O6/c1-3-26(28-32-25-11-5-4-10-24(25)30(38)34(28)19-8-12-27(36)41-2)33(20-17-22-9-6-7-18-31-22)29(37)21-13-15-23(16-14-21)35(39)40/h4-7,9-11,13-16,18,26H,3,8,12,17,19-20H2,1-2H3. The summed E-state index contributed by atoms with van der Waals surface area (Å²) in [6.07, 6.45) is 3.02. The molecular weight excluding hydrogens is 526 g/mol. The van der Waals surface area contributed by atoms with Gasteiger partial charge in [-0.15, -0.1) is 0 Å². The van der Waals surface area contributed by atoms with Gasteiger partial charge < -0.3 is 9.64 Å². The zero-order chi connectivity index (χ0) is 29.4. The van der Waals surface area contributed by atoms with Gasteiger partial charge in [-0.2, -0.15) is 0 Å². The molecule has 2 heterocycles. The van der Waals surface area contributed by atoms with E-state index in [2.05, 4.69) is 4.98 Å². The smallest absolute Gasteiger partial charge is 0.305 e. The third kappa shape index (κ3) is 6.81. The summed E-state index contributed by atoms with van der Waals surface area (Å²) >= 11 is 0. The van der Waals surface area contributed by atoms with Crippen LogP contribution in [0.1, 0.15) is 54.1 Å². The van der Waals surface area contributed by atoms with Crippen LogP contribution in [0, 0.1) is 10.1 Å². The number of hydrogen-bond donors (Lipinski definition) is 0. The predicted octanol–water partition coefficient (Wildman–Crippen LogP) is 4.49. The fourth-order valence-corrected chi connectivity index (χ4v) is 4.75. The average molecular weight is 558 g/mol. The molecule has 4 aromatic rings. The van der Waals surface area contributed by atoms with Crippen molar-refractivity contribution in [2.75, 3.05) is 13.7 Å². The van der Waals surface area contributed by atoms with Gasteiger partial charge in [0.05, 0.1) is 29.0 Å². The van der Waals surface area contributed by atoms with Crippen LogP contribution in [0.15, 0.2) is 77.7 Å². The Bertz CT molecular complexity index is 1590. The Morgan fingerprint density at radius 1 is 1.07 bits per heavy atom. The van der Waals surface area contributed by atoms with E-state index in [9.17, 15) is 24.5 Å². The van der Waals surface area contributed by atoms with Crippen LogP contribution in [0.3, 0.4) is 0 Å². The zero-order valence-corrected chi connectivity index (χ0v) is 22.9. The first kappa shape index (κ1) is 29.1. The summed E-state index contributed by atoms with van der Waals surface area (Å²) in [6, 6.07) is 17.4. The van der Waals surface area contributed by atoms with E-state index in [4.69, 9.17) is 9.72 Å². The van der Waals surface area contributed by atoms with Gasteiger partial charge in [-0.25, -0.2) is 4.98 Å². The molecule has 1 unspecified atom stereocenters. The van der Waals surface area contributed by atoms with Gasteiger partial charge in [0.15, 0.2) is 0 Å². The second kappa shape index (κ2) is 13.4. The lowest BCUT2D eigenvalue weighted by Crippen LogP contribution is -2.40. The number of methoxy groups -OCH3 is 1. The van der Waals surface area contributed by atoms with E-state index in [1.54, 1.807) is 35.4 Å². The summed E-state index contributed by atoms with van der Waals surface area (Å²) in [5.74, 6) is -0.339. The molecule has 11 heteroatoms. The number of pyridine rings is 1. The Kier molecular flexibility index (Phi) is 9.51. The summed E-state index contributed by atoms with van der Waals surface area (Å²) in [7, 11) is 1.31. The molecule has 4 rings (SSSR count). The van der Waals surface area contributed by atoms with Gasteiger partial charge in [-0.3, -0.25) is 34.0 Å². The summed E-state index contributed by atoms with van der Waals surface area (Å²) in [6.45, 7) is 2.37. The van der Waals surface area contributed by atoms with Gasteiger partial charge in [0.1, 0.15) is 5.82 Å². The van der Waals surface area contributed by atoms with Gasteiger partial charge in [-0.05, 0) is 49.2 Å². The minimum Gasteiger partial charge on any atom is -0.469 e. The number of fused-ring (bicyclic) bond motifs is 1. The number of nitro groups is 1. The van der Waals surface area contributed by atoms with Gasteiger partial charge in [0.25, 0.3) is 17.2 Å². The van der Waals surface area contributed by atoms with Crippen molar-refractivity contribution in [3.8, 4) is 0 Å². The van der Waals surface area contributed by atoms with Gasteiger partial charge in [0, 0.05) is 55.5 Å². The molecule has 0 fully saturated rings. The second-order valence-electron chi connectivity index (χ2n) is 9.42. The first-order valence-corrected chi connectivity index (χ1v) is 13.4. The highest BCUT2D eigenvalue weighted by Crippen LogP contribution is 2.27. The molecule has 0 N–H and O–H groups in total. The lowest BCUT2D eigenvalue weighted by atomic mass is 10.1. The zero-order valence-electron chi connectivity index (χ0n) is 22.9. The van der Waals surface area contributed by atoms with Crippen molar-refractivity contribution >= 4 is 28.5 Å². The van der Waals surface area contributed by atoms with Crippen LogP contribution in [0.25, 0.3) is 10.9 Å². The van der Waals surface area contributed by atoms with Crippen molar-refractivity contribution in [2.45, 2.75) is 45.2 Å². The lowest BCUT2D eigenvalue weighted by Gasteiger charge is -2.32. The molecule has 2 aromatic carbocycles. The molecule has 0 radical (unpaired) electrons. The monoisotopic (exact) mass is 557 g/mol. The number of para-hydroxylation sites is 1. The largest absolute Gasteiger partial charge is 0.469 e. The number of rotatable bonds is 12. The Hall–Kier alpha value is -4.93. The maximum atomic E-state index is 14.0. The minimum absolute atomic E-state index is 0.121. The molecule has 0 aliphatic carbocycles. The molecule has 1 amide bonds. The van der Waals surface area contributed by atoms with Crippen LogP contribution in [0.2, 0.25) is 0 Å². The number of benzene rings is 2. The van der Waals surface area contributed by atoms with E-state index in [1.807, 2.05) is 25.1 Å². The van der Waals surface area contributed by atoms with Gasteiger partial charge in [0.2, 0.25) is 0 Å². The summed E-state index contributed by atoms with van der Waals surface area (Å²) < 4.78 is 6.30. The predicted molar refractivity (Wildman–Crippen MR) is 152 cm³/mol. The number of aromatic nitrogens is 3. The summed E-state index contributed by atoms with van der Waals surface area (Å²) in [4.78, 5) is 61.0. The van der Waals surface area contributed by atoms with Crippen LogP contribution < -0.4 is 5.56 Å². The highest BCUT2D eigenvalue weighted by Gasteiger charge is 2.29. The van der Waals surface area contributed by atoms with Crippen LogP contribution in [-0.2, 0) is 22.5 Å². The number of carbonyl (C=O) groups excluding carboxylic acids is 2. The summed E-state index contributed by atoms with van der Waals surface area (Å²) in [5.41, 5.74) is 1.18. The molecule has 41 heavy (non-hydrogen) atoms. The van der Waals surface area contributed by atoms with E-state index in [0.717, 1.165) is 5.69 Å². The van der Waals surface area contributed by atoms with Crippen LogP contribution in [0.5, 0.6) is 0 Å².